The quantitative estimate of drug-likeness (QED) is 0.717. The number of carbonyl (C=O) groups is 2. The maximum atomic E-state index is 12.0. The minimum Gasteiger partial charge on any atom is -0.305 e. The molecule has 1 fully saturated rings. The van der Waals surface area contributed by atoms with Crippen molar-refractivity contribution in [3.8, 4) is 0 Å². The zero-order chi connectivity index (χ0) is 13.0. The van der Waals surface area contributed by atoms with Crippen LogP contribution in [-0.2, 0) is 9.59 Å². The lowest BCUT2D eigenvalue weighted by molar-refractivity contribution is -0.140. The summed E-state index contributed by atoms with van der Waals surface area (Å²) in [4.78, 5) is 25.1. The van der Waals surface area contributed by atoms with Gasteiger partial charge in [-0.05, 0) is 26.3 Å². The summed E-state index contributed by atoms with van der Waals surface area (Å²) in [5.74, 6) is 0.481. The van der Waals surface area contributed by atoms with E-state index in [0.29, 0.717) is 12.3 Å². The van der Waals surface area contributed by atoms with E-state index >= 15 is 0 Å². The van der Waals surface area contributed by atoms with Crippen molar-refractivity contribution in [2.45, 2.75) is 59.0 Å². The molecule has 0 aliphatic carbocycles. The standard InChI is InChI=1S/C13H24N2O2/c1-5-10(6-2)8-14-11-7-12(16)15(9(3)4)13(11)17/h9-11,14H,5-8H2,1-4H3. The highest BCUT2D eigenvalue weighted by Gasteiger charge is 2.39. The normalized spacial score (nSPS) is 21.1. The highest BCUT2D eigenvalue weighted by Crippen LogP contribution is 2.17. The van der Waals surface area contributed by atoms with Crippen molar-refractivity contribution in [3.63, 3.8) is 0 Å². The van der Waals surface area contributed by atoms with Gasteiger partial charge in [-0.25, -0.2) is 0 Å². The molecule has 1 saturated heterocycles. The number of nitrogens with one attached hydrogen (secondary N) is 1. The average Bonchev–Trinajstić information content (AvgIpc) is 2.55. The van der Waals surface area contributed by atoms with Crippen LogP contribution in [0.25, 0.3) is 0 Å². The van der Waals surface area contributed by atoms with Crippen molar-refractivity contribution >= 4 is 11.8 Å². The van der Waals surface area contributed by atoms with Gasteiger partial charge in [-0.1, -0.05) is 26.7 Å². The first-order valence-electron chi connectivity index (χ1n) is 6.60. The summed E-state index contributed by atoms with van der Waals surface area (Å²) in [6.07, 6.45) is 2.52. The Morgan fingerprint density at radius 1 is 1.29 bits per heavy atom. The topological polar surface area (TPSA) is 49.4 Å². The SMILES string of the molecule is CCC(CC)CNC1CC(=O)N(C(C)C)C1=O. The zero-order valence-corrected chi connectivity index (χ0v) is 11.3. The second kappa shape index (κ2) is 6.15. The molecule has 98 valence electrons. The smallest absolute Gasteiger partial charge is 0.247 e. The lowest BCUT2D eigenvalue weighted by Crippen LogP contribution is -2.43. The van der Waals surface area contributed by atoms with E-state index in [-0.39, 0.29) is 23.9 Å². The van der Waals surface area contributed by atoms with Gasteiger partial charge in [-0.2, -0.15) is 0 Å². The van der Waals surface area contributed by atoms with E-state index in [2.05, 4.69) is 19.2 Å². The van der Waals surface area contributed by atoms with Crippen LogP contribution in [0.1, 0.15) is 47.0 Å². The van der Waals surface area contributed by atoms with E-state index in [1.807, 2.05) is 13.8 Å². The second-order valence-corrected chi connectivity index (χ2v) is 5.04. The molecule has 0 aromatic rings. The fourth-order valence-corrected chi connectivity index (χ4v) is 2.24. The highest BCUT2D eigenvalue weighted by molar-refractivity contribution is 6.05. The summed E-state index contributed by atoms with van der Waals surface area (Å²) in [6.45, 7) is 8.87. The van der Waals surface area contributed by atoms with Crippen molar-refractivity contribution in [2.24, 2.45) is 5.92 Å². The minimum absolute atomic E-state index is 0.0325. The van der Waals surface area contributed by atoms with Gasteiger partial charge >= 0.3 is 0 Å². The van der Waals surface area contributed by atoms with E-state index in [1.54, 1.807) is 0 Å². The minimum atomic E-state index is -0.300. The molecule has 1 rings (SSSR count). The van der Waals surface area contributed by atoms with Crippen molar-refractivity contribution in [1.82, 2.24) is 10.2 Å². The maximum absolute atomic E-state index is 12.0. The molecule has 0 saturated carbocycles. The summed E-state index contributed by atoms with van der Waals surface area (Å²) in [5.41, 5.74) is 0. The van der Waals surface area contributed by atoms with Gasteiger partial charge in [0, 0.05) is 6.04 Å². The molecule has 0 aromatic heterocycles. The molecule has 0 radical (unpaired) electrons. The summed E-state index contributed by atoms with van der Waals surface area (Å²) in [7, 11) is 0. The van der Waals surface area contributed by atoms with Crippen molar-refractivity contribution in [2.75, 3.05) is 6.54 Å². The van der Waals surface area contributed by atoms with Crippen molar-refractivity contribution < 1.29 is 9.59 Å². The third-order valence-electron chi connectivity index (χ3n) is 3.51. The second-order valence-electron chi connectivity index (χ2n) is 5.04. The average molecular weight is 240 g/mol. The monoisotopic (exact) mass is 240 g/mol. The predicted molar refractivity (Wildman–Crippen MR) is 67.5 cm³/mol. The van der Waals surface area contributed by atoms with Crippen LogP contribution in [0, 0.1) is 5.92 Å². The number of likely N-dealkylation sites (tertiary alicyclic amines) is 1. The number of carbonyl (C=O) groups excluding carboxylic acids is 2. The Labute approximate surface area is 104 Å². The molecule has 0 bridgehead atoms. The van der Waals surface area contributed by atoms with Gasteiger partial charge < -0.3 is 5.32 Å². The highest BCUT2D eigenvalue weighted by atomic mass is 16.2. The number of hydrogen-bond acceptors (Lipinski definition) is 3. The lowest BCUT2D eigenvalue weighted by Gasteiger charge is -2.20. The maximum Gasteiger partial charge on any atom is 0.247 e. The first-order chi connectivity index (χ1) is 8.01. The molecular weight excluding hydrogens is 216 g/mol. The van der Waals surface area contributed by atoms with Gasteiger partial charge in [0.15, 0.2) is 0 Å². The first kappa shape index (κ1) is 14.2. The van der Waals surface area contributed by atoms with Crippen LogP contribution in [0.3, 0.4) is 0 Å². The number of nitrogens with zero attached hydrogens (tertiary/aromatic N) is 1. The number of hydrogen-bond donors (Lipinski definition) is 1. The third kappa shape index (κ3) is 3.28. The fraction of sp³-hybridized carbons (Fsp3) is 0.846. The number of rotatable bonds is 6. The van der Waals surface area contributed by atoms with Gasteiger partial charge in [-0.15, -0.1) is 0 Å². The van der Waals surface area contributed by atoms with Crippen LogP contribution in [0.4, 0.5) is 0 Å². The van der Waals surface area contributed by atoms with Gasteiger partial charge in [0.05, 0.1) is 12.5 Å². The Morgan fingerprint density at radius 3 is 2.29 bits per heavy atom. The van der Waals surface area contributed by atoms with Crippen LogP contribution in [0.15, 0.2) is 0 Å². The summed E-state index contributed by atoms with van der Waals surface area (Å²) < 4.78 is 0. The van der Waals surface area contributed by atoms with Crippen LogP contribution < -0.4 is 5.32 Å². The van der Waals surface area contributed by atoms with E-state index in [0.717, 1.165) is 19.4 Å². The van der Waals surface area contributed by atoms with Crippen LogP contribution in [0.5, 0.6) is 0 Å². The van der Waals surface area contributed by atoms with Gasteiger partial charge in [0.2, 0.25) is 11.8 Å². The number of amides is 2. The Kier molecular flexibility index (Phi) is 5.12. The molecule has 2 amide bonds. The van der Waals surface area contributed by atoms with Crippen LogP contribution in [0.2, 0.25) is 0 Å². The zero-order valence-electron chi connectivity index (χ0n) is 11.3. The summed E-state index contributed by atoms with van der Waals surface area (Å²) in [5, 5.41) is 3.24. The van der Waals surface area contributed by atoms with Crippen molar-refractivity contribution in [1.29, 1.82) is 0 Å². The molecule has 1 atom stereocenters. The molecule has 1 heterocycles. The molecule has 1 aliphatic heterocycles. The van der Waals surface area contributed by atoms with E-state index in [9.17, 15) is 9.59 Å². The van der Waals surface area contributed by atoms with E-state index < -0.39 is 0 Å². The molecule has 17 heavy (non-hydrogen) atoms. The summed E-state index contributed by atoms with van der Waals surface area (Å²) in [6, 6.07) is -0.333. The molecule has 0 spiro atoms. The Hall–Kier alpha value is -0.900. The van der Waals surface area contributed by atoms with E-state index in [4.69, 9.17) is 0 Å². The Bertz CT molecular complexity index is 285. The molecule has 4 nitrogen and oxygen atoms in total. The van der Waals surface area contributed by atoms with Crippen molar-refractivity contribution in [3.05, 3.63) is 0 Å². The Balaban J connectivity index is 2.52. The molecule has 1 aliphatic rings. The van der Waals surface area contributed by atoms with Crippen LogP contribution >= 0.6 is 0 Å². The van der Waals surface area contributed by atoms with Crippen LogP contribution in [-0.4, -0.2) is 35.3 Å². The summed E-state index contributed by atoms with van der Waals surface area (Å²) >= 11 is 0. The Morgan fingerprint density at radius 2 is 1.88 bits per heavy atom. The largest absolute Gasteiger partial charge is 0.305 e. The van der Waals surface area contributed by atoms with E-state index in [1.165, 1.54) is 4.90 Å². The predicted octanol–water partition coefficient (Wildman–Crippen LogP) is 1.55. The molecule has 4 heteroatoms. The van der Waals surface area contributed by atoms with Gasteiger partial charge in [0.25, 0.3) is 0 Å². The molecular formula is C13H24N2O2. The first-order valence-corrected chi connectivity index (χ1v) is 6.60. The molecule has 0 aromatic carbocycles. The molecule has 1 unspecified atom stereocenters. The number of imide groups is 1. The fourth-order valence-electron chi connectivity index (χ4n) is 2.24. The third-order valence-corrected chi connectivity index (χ3v) is 3.51. The molecule has 1 N–H and O–H groups in total. The van der Waals surface area contributed by atoms with Gasteiger partial charge in [0.1, 0.15) is 0 Å². The van der Waals surface area contributed by atoms with Gasteiger partial charge in [-0.3, -0.25) is 14.5 Å². The lowest BCUT2D eigenvalue weighted by atomic mass is 10.0.